The first-order chi connectivity index (χ1) is 9.59. The van der Waals surface area contributed by atoms with Crippen LogP contribution in [0.5, 0.6) is 0 Å². The third kappa shape index (κ3) is 3.87. The normalized spacial score (nSPS) is 13.1. The summed E-state index contributed by atoms with van der Waals surface area (Å²) in [5.41, 5.74) is 2.19. The Morgan fingerprint density at radius 2 is 1.86 bits per heavy atom. The second-order valence-corrected chi connectivity index (χ2v) is 4.07. The third-order valence-electron chi connectivity index (χ3n) is 2.57. The van der Waals surface area contributed by atoms with Crippen molar-refractivity contribution in [1.29, 1.82) is 0 Å². The van der Waals surface area contributed by atoms with E-state index in [2.05, 4.69) is 4.74 Å². The SMILES string of the molecule is CCOC(=O)C(N)Cc1c(F)cc(C(F)(F)F)c(F)c1F. The van der Waals surface area contributed by atoms with E-state index in [1.165, 1.54) is 6.92 Å². The molecule has 0 aromatic heterocycles. The van der Waals surface area contributed by atoms with Gasteiger partial charge in [0.1, 0.15) is 11.9 Å². The van der Waals surface area contributed by atoms with Crippen molar-refractivity contribution in [3.05, 3.63) is 34.6 Å². The average molecular weight is 315 g/mol. The zero-order valence-electron chi connectivity index (χ0n) is 10.7. The Bertz CT molecular complexity index is 544. The maximum Gasteiger partial charge on any atom is 0.419 e. The molecule has 0 bridgehead atoms. The Hall–Kier alpha value is -1.77. The van der Waals surface area contributed by atoms with Crippen molar-refractivity contribution in [2.24, 2.45) is 5.73 Å². The minimum Gasteiger partial charge on any atom is -0.465 e. The molecule has 0 amide bonds. The van der Waals surface area contributed by atoms with E-state index in [1.54, 1.807) is 0 Å². The van der Waals surface area contributed by atoms with Gasteiger partial charge in [0.05, 0.1) is 12.2 Å². The number of nitrogens with two attached hydrogens (primary N) is 1. The summed E-state index contributed by atoms with van der Waals surface area (Å²) in [7, 11) is 0. The fourth-order valence-corrected chi connectivity index (χ4v) is 1.58. The fraction of sp³-hybridized carbons (Fsp3) is 0.417. The van der Waals surface area contributed by atoms with Gasteiger partial charge in [-0.25, -0.2) is 13.2 Å². The van der Waals surface area contributed by atoms with Crippen molar-refractivity contribution < 1.29 is 35.9 Å². The van der Waals surface area contributed by atoms with Crippen LogP contribution in [0.15, 0.2) is 6.07 Å². The Morgan fingerprint density at radius 1 is 1.29 bits per heavy atom. The van der Waals surface area contributed by atoms with Crippen LogP contribution in [-0.4, -0.2) is 18.6 Å². The topological polar surface area (TPSA) is 52.3 Å². The Kier molecular flexibility index (Phi) is 5.21. The molecule has 0 fully saturated rings. The predicted molar refractivity (Wildman–Crippen MR) is 59.6 cm³/mol. The van der Waals surface area contributed by atoms with Gasteiger partial charge in [-0.2, -0.15) is 13.2 Å². The van der Waals surface area contributed by atoms with Crippen LogP contribution in [0.2, 0.25) is 0 Å². The van der Waals surface area contributed by atoms with Crippen LogP contribution >= 0.6 is 0 Å². The quantitative estimate of drug-likeness (QED) is 0.528. The summed E-state index contributed by atoms with van der Waals surface area (Å²) in [5.74, 6) is -6.91. The first kappa shape index (κ1) is 17.3. The van der Waals surface area contributed by atoms with Crippen molar-refractivity contribution in [2.45, 2.75) is 25.6 Å². The molecule has 0 aliphatic rings. The molecule has 0 aliphatic carbocycles. The molecule has 0 aliphatic heterocycles. The highest BCUT2D eigenvalue weighted by Crippen LogP contribution is 2.34. The number of ether oxygens (including phenoxy) is 1. The lowest BCUT2D eigenvalue weighted by atomic mass is 10.0. The molecule has 1 aromatic carbocycles. The van der Waals surface area contributed by atoms with Crippen molar-refractivity contribution in [2.75, 3.05) is 6.61 Å². The van der Waals surface area contributed by atoms with Crippen LogP contribution < -0.4 is 5.73 Å². The number of esters is 1. The van der Waals surface area contributed by atoms with Gasteiger partial charge >= 0.3 is 12.1 Å². The van der Waals surface area contributed by atoms with Gasteiger partial charge in [-0.1, -0.05) is 0 Å². The highest BCUT2D eigenvalue weighted by molar-refractivity contribution is 5.75. The molecular weight excluding hydrogens is 304 g/mol. The number of benzene rings is 1. The summed E-state index contributed by atoms with van der Waals surface area (Å²) in [6.45, 7) is 1.42. The monoisotopic (exact) mass is 315 g/mol. The molecule has 1 aromatic rings. The zero-order chi connectivity index (χ0) is 16.4. The predicted octanol–water partition coefficient (Wildman–Crippen LogP) is 2.56. The number of carbonyl (C=O) groups excluding carboxylic acids is 1. The summed E-state index contributed by atoms with van der Waals surface area (Å²) in [6, 6.07) is -1.70. The second kappa shape index (κ2) is 6.33. The molecule has 0 saturated carbocycles. The molecule has 0 heterocycles. The first-order valence-corrected chi connectivity index (χ1v) is 5.75. The lowest BCUT2D eigenvalue weighted by Gasteiger charge is -2.15. The Balaban J connectivity index is 3.16. The van der Waals surface area contributed by atoms with Crippen LogP contribution in [0.1, 0.15) is 18.1 Å². The minimum absolute atomic E-state index is 0.0428. The van der Waals surface area contributed by atoms with E-state index < -0.39 is 53.2 Å². The summed E-state index contributed by atoms with van der Waals surface area (Å²) in [6.07, 6.45) is -6.07. The van der Waals surface area contributed by atoms with Crippen LogP contribution in [0.3, 0.4) is 0 Å². The largest absolute Gasteiger partial charge is 0.465 e. The number of rotatable bonds is 4. The van der Waals surface area contributed by atoms with Gasteiger partial charge < -0.3 is 10.5 Å². The molecule has 3 nitrogen and oxygen atoms in total. The van der Waals surface area contributed by atoms with Gasteiger partial charge in [-0.05, 0) is 13.0 Å². The highest BCUT2D eigenvalue weighted by atomic mass is 19.4. The van der Waals surface area contributed by atoms with Gasteiger partial charge in [0, 0.05) is 12.0 Å². The highest BCUT2D eigenvalue weighted by Gasteiger charge is 2.37. The van der Waals surface area contributed by atoms with Crippen molar-refractivity contribution in [3.8, 4) is 0 Å². The summed E-state index contributed by atoms with van der Waals surface area (Å²) >= 11 is 0. The maximum atomic E-state index is 13.5. The fourth-order valence-electron chi connectivity index (χ4n) is 1.58. The van der Waals surface area contributed by atoms with Gasteiger partial charge in [0.25, 0.3) is 0 Å². The summed E-state index contributed by atoms with van der Waals surface area (Å²) < 4.78 is 81.9. The number of alkyl halides is 3. The maximum absolute atomic E-state index is 13.5. The van der Waals surface area contributed by atoms with E-state index in [-0.39, 0.29) is 12.7 Å². The standard InChI is InChI=1S/C12H11F6NO2/c1-2-21-11(20)8(19)3-5-7(13)4-6(12(16,17)18)10(15)9(5)14/h4,8H,2-3,19H2,1H3. The number of carbonyl (C=O) groups is 1. The van der Waals surface area contributed by atoms with E-state index in [0.717, 1.165) is 0 Å². The van der Waals surface area contributed by atoms with Gasteiger partial charge in [0.2, 0.25) is 0 Å². The number of hydrogen-bond donors (Lipinski definition) is 1. The minimum atomic E-state index is -5.24. The summed E-state index contributed by atoms with van der Waals surface area (Å²) in [4.78, 5) is 11.2. The molecule has 1 atom stereocenters. The lowest BCUT2D eigenvalue weighted by molar-refractivity contribution is -0.145. The molecule has 0 saturated heterocycles. The molecule has 1 unspecified atom stereocenters. The van der Waals surface area contributed by atoms with Crippen molar-refractivity contribution in [3.63, 3.8) is 0 Å². The molecule has 21 heavy (non-hydrogen) atoms. The first-order valence-electron chi connectivity index (χ1n) is 5.75. The summed E-state index contributed by atoms with van der Waals surface area (Å²) in [5, 5.41) is 0. The molecule has 0 spiro atoms. The second-order valence-electron chi connectivity index (χ2n) is 4.07. The Morgan fingerprint density at radius 3 is 2.33 bits per heavy atom. The van der Waals surface area contributed by atoms with E-state index in [1.807, 2.05) is 0 Å². The third-order valence-corrected chi connectivity index (χ3v) is 2.57. The molecule has 9 heteroatoms. The molecular formula is C12H11F6NO2. The van der Waals surface area contributed by atoms with E-state index in [0.29, 0.717) is 0 Å². The molecule has 2 N–H and O–H groups in total. The van der Waals surface area contributed by atoms with Gasteiger partial charge in [-0.3, -0.25) is 4.79 Å². The van der Waals surface area contributed by atoms with Crippen molar-refractivity contribution >= 4 is 5.97 Å². The number of halogens is 6. The van der Waals surface area contributed by atoms with Crippen molar-refractivity contribution in [1.82, 2.24) is 0 Å². The van der Waals surface area contributed by atoms with E-state index in [9.17, 15) is 31.1 Å². The van der Waals surface area contributed by atoms with E-state index in [4.69, 9.17) is 5.73 Å². The molecule has 118 valence electrons. The van der Waals surface area contributed by atoms with Gasteiger partial charge in [-0.15, -0.1) is 0 Å². The van der Waals surface area contributed by atoms with Crippen LogP contribution in [0.4, 0.5) is 26.3 Å². The van der Waals surface area contributed by atoms with E-state index >= 15 is 0 Å². The average Bonchev–Trinajstić information content (AvgIpc) is 2.37. The lowest BCUT2D eigenvalue weighted by Crippen LogP contribution is -2.35. The zero-order valence-corrected chi connectivity index (χ0v) is 10.7. The van der Waals surface area contributed by atoms with Crippen LogP contribution in [0, 0.1) is 17.5 Å². The van der Waals surface area contributed by atoms with Crippen LogP contribution in [0.25, 0.3) is 0 Å². The smallest absolute Gasteiger partial charge is 0.419 e. The number of hydrogen-bond acceptors (Lipinski definition) is 3. The van der Waals surface area contributed by atoms with Gasteiger partial charge in [0.15, 0.2) is 11.6 Å². The van der Waals surface area contributed by atoms with Crippen LogP contribution in [-0.2, 0) is 22.1 Å². The molecule has 0 radical (unpaired) electrons. The Labute approximate surface area is 115 Å². The molecule has 1 rings (SSSR count).